The molecular formula is C25H25FN2O3. The number of aromatic amines is 1. The second-order valence-electron chi connectivity index (χ2n) is 8.21. The van der Waals surface area contributed by atoms with Gasteiger partial charge in [0.25, 0.3) is 6.47 Å². The van der Waals surface area contributed by atoms with Crippen molar-refractivity contribution in [3.63, 3.8) is 0 Å². The molecule has 6 heteroatoms. The molecule has 0 saturated carbocycles. The summed E-state index contributed by atoms with van der Waals surface area (Å²) in [5.74, 6) is 0.0212. The number of nitrogens with one attached hydrogen (secondary N) is 2. The molecule has 31 heavy (non-hydrogen) atoms. The fourth-order valence-electron chi connectivity index (χ4n) is 4.40. The largest absolute Gasteiger partial charge is 0.496 e. The molecular weight excluding hydrogens is 395 g/mol. The maximum absolute atomic E-state index is 13.9. The number of allylic oxidation sites excluding steroid dienone is 1. The molecule has 3 aromatic rings. The number of methoxy groups -OCH3 is 1. The van der Waals surface area contributed by atoms with Gasteiger partial charge in [-0.1, -0.05) is 12.1 Å². The van der Waals surface area contributed by atoms with E-state index < -0.39 is 6.10 Å². The highest BCUT2D eigenvalue weighted by molar-refractivity contribution is 5.89. The minimum atomic E-state index is -0.682. The van der Waals surface area contributed by atoms with Crippen LogP contribution in [0.3, 0.4) is 0 Å². The third-order valence-electron chi connectivity index (χ3n) is 5.49. The first kappa shape index (κ1) is 20.7. The van der Waals surface area contributed by atoms with Crippen molar-refractivity contribution < 1.29 is 18.7 Å². The first-order chi connectivity index (χ1) is 14.8. The van der Waals surface area contributed by atoms with Crippen molar-refractivity contribution in [2.24, 2.45) is 0 Å². The maximum Gasteiger partial charge on any atom is 0.294 e. The Labute approximate surface area is 180 Å². The number of ether oxygens (including phenoxy) is 2. The molecule has 2 aromatic carbocycles. The summed E-state index contributed by atoms with van der Waals surface area (Å²) in [5.41, 5.74) is 5.77. The molecule has 1 atom stereocenters. The standard InChI is InChI=1S/C25H25FN2O3/c1-15-13-25(2,3)28-19-10-9-18(17-8-7-16(26)12-21(17)30-4)23(22(15)19)24(31-14-29)20-6-5-11-27-20/h5-14,24,27-28H,1-4H3. The lowest BCUT2D eigenvalue weighted by Gasteiger charge is -2.34. The van der Waals surface area contributed by atoms with E-state index in [1.807, 2.05) is 31.2 Å². The van der Waals surface area contributed by atoms with Gasteiger partial charge in [0.05, 0.1) is 18.3 Å². The van der Waals surface area contributed by atoms with Gasteiger partial charge in [-0.25, -0.2) is 4.39 Å². The van der Waals surface area contributed by atoms with E-state index in [-0.39, 0.29) is 11.4 Å². The molecule has 2 heterocycles. The molecule has 0 amide bonds. The first-order valence-corrected chi connectivity index (χ1v) is 10.1. The highest BCUT2D eigenvalue weighted by Crippen LogP contribution is 2.46. The summed E-state index contributed by atoms with van der Waals surface area (Å²) in [5, 5.41) is 3.54. The molecule has 1 aromatic heterocycles. The van der Waals surface area contributed by atoms with Crippen molar-refractivity contribution in [2.45, 2.75) is 32.4 Å². The monoisotopic (exact) mass is 420 g/mol. The number of carbonyl (C=O) groups excluding carboxylic acids is 1. The summed E-state index contributed by atoms with van der Waals surface area (Å²) in [6, 6.07) is 12.1. The molecule has 0 fully saturated rings. The van der Waals surface area contributed by atoms with Crippen LogP contribution in [-0.4, -0.2) is 24.1 Å². The van der Waals surface area contributed by atoms with Gasteiger partial charge in [-0.15, -0.1) is 0 Å². The van der Waals surface area contributed by atoms with E-state index in [4.69, 9.17) is 9.47 Å². The van der Waals surface area contributed by atoms with Gasteiger partial charge >= 0.3 is 0 Å². The Balaban J connectivity index is 2.06. The van der Waals surface area contributed by atoms with Crippen molar-refractivity contribution in [1.29, 1.82) is 0 Å². The van der Waals surface area contributed by atoms with Crippen molar-refractivity contribution in [2.75, 3.05) is 12.4 Å². The van der Waals surface area contributed by atoms with E-state index in [1.54, 1.807) is 12.3 Å². The number of hydrogen-bond acceptors (Lipinski definition) is 4. The predicted octanol–water partition coefficient (Wildman–Crippen LogP) is 5.70. The average Bonchev–Trinajstić information content (AvgIpc) is 3.25. The van der Waals surface area contributed by atoms with Gasteiger partial charge in [-0.3, -0.25) is 4.79 Å². The van der Waals surface area contributed by atoms with Crippen LogP contribution in [0.2, 0.25) is 0 Å². The number of H-pyrrole nitrogens is 1. The molecule has 0 bridgehead atoms. The van der Waals surface area contributed by atoms with Crippen molar-refractivity contribution >= 4 is 17.7 Å². The van der Waals surface area contributed by atoms with Crippen molar-refractivity contribution in [3.05, 3.63) is 77.4 Å². The first-order valence-electron chi connectivity index (χ1n) is 10.1. The van der Waals surface area contributed by atoms with E-state index in [2.05, 4.69) is 30.2 Å². The Bertz CT molecular complexity index is 1150. The van der Waals surface area contributed by atoms with Crippen LogP contribution in [0.5, 0.6) is 5.75 Å². The lowest BCUT2D eigenvalue weighted by atomic mass is 9.82. The predicted molar refractivity (Wildman–Crippen MR) is 120 cm³/mol. The van der Waals surface area contributed by atoms with Crippen LogP contribution < -0.4 is 10.1 Å². The van der Waals surface area contributed by atoms with E-state index in [0.717, 1.165) is 33.6 Å². The summed E-state index contributed by atoms with van der Waals surface area (Å²) in [4.78, 5) is 14.7. The second-order valence-corrected chi connectivity index (χ2v) is 8.21. The molecule has 1 unspecified atom stereocenters. The number of halogens is 1. The highest BCUT2D eigenvalue weighted by Gasteiger charge is 2.31. The molecule has 0 saturated heterocycles. The Hall–Kier alpha value is -3.54. The van der Waals surface area contributed by atoms with Gasteiger partial charge in [0.15, 0.2) is 6.10 Å². The molecule has 1 aliphatic rings. The van der Waals surface area contributed by atoms with Crippen LogP contribution >= 0.6 is 0 Å². The van der Waals surface area contributed by atoms with Crippen molar-refractivity contribution in [3.8, 4) is 16.9 Å². The van der Waals surface area contributed by atoms with Gasteiger partial charge in [0.2, 0.25) is 0 Å². The third-order valence-corrected chi connectivity index (χ3v) is 5.49. The van der Waals surface area contributed by atoms with Gasteiger partial charge < -0.3 is 19.8 Å². The molecule has 4 rings (SSSR count). The van der Waals surface area contributed by atoms with Crippen LogP contribution in [0.4, 0.5) is 10.1 Å². The normalized spacial score (nSPS) is 15.3. The van der Waals surface area contributed by atoms with Crippen LogP contribution in [0, 0.1) is 5.82 Å². The second kappa shape index (κ2) is 7.95. The summed E-state index contributed by atoms with van der Waals surface area (Å²) < 4.78 is 25.0. The van der Waals surface area contributed by atoms with Gasteiger partial charge in [-0.05, 0) is 62.2 Å². The number of benzene rings is 2. The molecule has 0 spiro atoms. The zero-order chi connectivity index (χ0) is 22.2. The number of fused-ring (bicyclic) bond motifs is 1. The van der Waals surface area contributed by atoms with E-state index in [0.29, 0.717) is 17.8 Å². The lowest BCUT2D eigenvalue weighted by Crippen LogP contribution is -2.32. The van der Waals surface area contributed by atoms with Crippen LogP contribution in [0.1, 0.15) is 43.7 Å². The Morgan fingerprint density at radius 2 is 1.90 bits per heavy atom. The number of anilines is 1. The maximum atomic E-state index is 13.9. The smallest absolute Gasteiger partial charge is 0.294 e. The zero-order valence-corrected chi connectivity index (χ0v) is 18.0. The van der Waals surface area contributed by atoms with Crippen LogP contribution in [0.15, 0.2) is 54.7 Å². The van der Waals surface area contributed by atoms with Crippen LogP contribution in [-0.2, 0) is 9.53 Å². The number of aromatic nitrogens is 1. The van der Waals surface area contributed by atoms with Gasteiger partial charge in [-0.2, -0.15) is 0 Å². The fraction of sp³-hybridized carbons (Fsp3) is 0.240. The van der Waals surface area contributed by atoms with Gasteiger partial charge in [0.1, 0.15) is 11.6 Å². The lowest BCUT2D eigenvalue weighted by molar-refractivity contribution is -0.132. The Kier molecular flexibility index (Phi) is 5.31. The molecule has 160 valence electrons. The van der Waals surface area contributed by atoms with E-state index >= 15 is 0 Å². The minimum Gasteiger partial charge on any atom is -0.496 e. The average molecular weight is 420 g/mol. The summed E-state index contributed by atoms with van der Waals surface area (Å²) >= 11 is 0. The zero-order valence-electron chi connectivity index (χ0n) is 18.0. The Morgan fingerprint density at radius 1 is 1.13 bits per heavy atom. The Morgan fingerprint density at radius 3 is 2.58 bits per heavy atom. The minimum absolute atomic E-state index is 0.225. The quantitative estimate of drug-likeness (QED) is 0.502. The molecule has 0 radical (unpaired) electrons. The molecule has 0 aliphatic carbocycles. The molecule has 5 nitrogen and oxygen atoms in total. The number of carbonyl (C=O) groups is 1. The van der Waals surface area contributed by atoms with Crippen molar-refractivity contribution in [1.82, 2.24) is 4.98 Å². The van der Waals surface area contributed by atoms with Gasteiger partial charge in [0, 0.05) is 34.6 Å². The molecule has 1 aliphatic heterocycles. The highest BCUT2D eigenvalue weighted by atomic mass is 19.1. The summed E-state index contributed by atoms with van der Waals surface area (Å²) in [6.45, 7) is 6.69. The molecule has 2 N–H and O–H groups in total. The summed E-state index contributed by atoms with van der Waals surface area (Å²) in [6.07, 6.45) is 3.25. The summed E-state index contributed by atoms with van der Waals surface area (Å²) in [7, 11) is 1.51. The van der Waals surface area contributed by atoms with E-state index in [1.165, 1.54) is 19.2 Å². The van der Waals surface area contributed by atoms with Crippen LogP contribution in [0.25, 0.3) is 16.7 Å². The third kappa shape index (κ3) is 3.81. The number of hydrogen-bond donors (Lipinski definition) is 2. The topological polar surface area (TPSA) is 63.4 Å². The van der Waals surface area contributed by atoms with E-state index in [9.17, 15) is 9.18 Å². The fourth-order valence-corrected chi connectivity index (χ4v) is 4.40. The SMILES string of the molecule is COc1cc(F)ccc1-c1ccc2c(c1C(OC=O)c1ccc[nH]1)C(C)=CC(C)(C)N2. The number of rotatable bonds is 6.